The molecule has 6 nitrogen and oxygen atoms in total. The Kier molecular flexibility index (Phi) is 7.50. The van der Waals surface area contributed by atoms with Crippen LogP contribution >= 0.6 is 0 Å². The number of nitrogens with zero attached hydrogens (tertiary/aromatic N) is 1. The van der Waals surface area contributed by atoms with E-state index in [0.717, 1.165) is 19.3 Å². The van der Waals surface area contributed by atoms with Crippen LogP contribution in [0.5, 0.6) is 0 Å². The van der Waals surface area contributed by atoms with Gasteiger partial charge in [-0.2, -0.15) is 0 Å². The van der Waals surface area contributed by atoms with Gasteiger partial charge < -0.3 is 10.1 Å². The highest BCUT2D eigenvalue weighted by atomic mass is 32.2. The summed E-state index contributed by atoms with van der Waals surface area (Å²) in [6.45, 7) is 3.78. The summed E-state index contributed by atoms with van der Waals surface area (Å²) in [7, 11) is -1.79. The van der Waals surface area contributed by atoms with Crippen molar-refractivity contribution in [1.82, 2.24) is 9.71 Å². The maximum atomic E-state index is 12.1. The topological polar surface area (TPSA) is 80.3 Å². The molecular formula is C13H23N3O3S. The van der Waals surface area contributed by atoms with E-state index in [1.165, 1.54) is 18.3 Å². The molecular weight excluding hydrogens is 278 g/mol. The zero-order valence-corrected chi connectivity index (χ0v) is 12.9. The second-order valence-electron chi connectivity index (χ2n) is 4.36. The van der Waals surface area contributed by atoms with Crippen LogP contribution in [0.25, 0.3) is 0 Å². The Labute approximate surface area is 121 Å². The summed E-state index contributed by atoms with van der Waals surface area (Å²) in [4.78, 5) is 4.29. The van der Waals surface area contributed by atoms with Crippen LogP contribution in [0.2, 0.25) is 0 Å². The fraction of sp³-hybridized carbons (Fsp3) is 0.615. The molecule has 1 aromatic rings. The molecule has 0 aliphatic heterocycles. The van der Waals surface area contributed by atoms with Gasteiger partial charge in [-0.25, -0.2) is 18.1 Å². The van der Waals surface area contributed by atoms with Crippen LogP contribution in [0, 0.1) is 0 Å². The molecule has 114 valence electrons. The minimum atomic E-state index is -3.46. The summed E-state index contributed by atoms with van der Waals surface area (Å²) in [5, 5.41) is 2.99. The van der Waals surface area contributed by atoms with E-state index in [0.29, 0.717) is 25.5 Å². The number of unbranched alkanes of at least 4 members (excludes halogenated alkanes) is 2. The number of hydrogen-bond donors (Lipinski definition) is 2. The van der Waals surface area contributed by atoms with Crippen molar-refractivity contribution in [1.29, 1.82) is 0 Å². The van der Waals surface area contributed by atoms with Gasteiger partial charge in [0.15, 0.2) is 0 Å². The number of aromatic nitrogens is 1. The Bertz CT molecular complexity index is 491. The monoisotopic (exact) mass is 301 g/mol. The first-order valence-corrected chi connectivity index (χ1v) is 8.27. The molecule has 1 aromatic heterocycles. The van der Waals surface area contributed by atoms with Crippen molar-refractivity contribution in [3.8, 4) is 0 Å². The second kappa shape index (κ2) is 8.89. The Morgan fingerprint density at radius 2 is 2.10 bits per heavy atom. The predicted molar refractivity (Wildman–Crippen MR) is 79.3 cm³/mol. The van der Waals surface area contributed by atoms with Crippen molar-refractivity contribution in [2.75, 3.05) is 32.1 Å². The molecule has 0 atom stereocenters. The molecule has 0 aliphatic rings. The molecule has 0 saturated heterocycles. The zero-order chi connectivity index (χ0) is 14.8. The quantitative estimate of drug-likeness (QED) is 0.642. The van der Waals surface area contributed by atoms with Crippen molar-refractivity contribution < 1.29 is 13.2 Å². The number of rotatable bonds is 10. The van der Waals surface area contributed by atoms with Crippen molar-refractivity contribution in [2.24, 2.45) is 0 Å². The predicted octanol–water partition coefficient (Wildman–Crippen LogP) is 1.61. The highest BCUT2D eigenvalue weighted by Gasteiger charge is 2.13. The highest BCUT2D eigenvalue weighted by Crippen LogP contribution is 2.12. The first kappa shape index (κ1) is 16.9. The molecule has 0 spiro atoms. The molecule has 0 saturated carbocycles. The lowest BCUT2D eigenvalue weighted by molar-refractivity contribution is 0.192. The lowest BCUT2D eigenvalue weighted by Crippen LogP contribution is -2.25. The fourth-order valence-electron chi connectivity index (χ4n) is 1.69. The molecule has 7 heteroatoms. The third-order valence-corrected chi connectivity index (χ3v) is 4.18. The molecule has 0 unspecified atom stereocenters. The molecule has 1 heterocycles. The van der Waals surface area contributed by atoms with E-state index < -0.39 is 10.0 Å². The van der Waals surface area contributed by atoms with Crippen LogP contribution in [0.15, 0.2) is 23.2 Å². The van der Waals surface area contributed by atoms with Gasteiger partial charge in [-0.15, -0.1) is 0 Å². The summed E-state index contributed by atoms with van der Waals surface area (Å²) in [5.41, 5.74) is 0. The first-order valence-electron chi connectivity index (χ1n) is 6.78. The van der Waals surface area contributed by atoms with E-state index in [2.05, 4.69) is 15.0 Å². The molecule has 0 bridgehead atoms. The number of sulfonamides is 1. The van der Waals surface area contributed by atoms with Crippen LogP contribution < -0.4 is 10.0 Å². The summed E-state index contributed by atoms with van der Waals surface area (Å²) in [6, 6.07) is 3.03. The molecule has 20 heavy (non-hydrogen) atoms. The maximum absolute atomic E-state index is 12.1. The molecule has 0 aliphatic carbocycles. The number of ether oxygens (including phenoxy) is 1. The maximum Gasteiger partial charge on any atom is 0.240 e. The van der Waals surface area contributed by atoms with Crippen molar-refractivity contribution in [3.63, 3.8) is 0 Å². The third kappa shape index (κ3) is 5.85. The van der Waals surface area contributed by atoms with Gasteiger partial charge in [0, 0.05) is 39.1 Å². The summed E-state index contributed by atoms with van der Waals surface area (Å²) >= 11 is 0. The zero-order valence-electron chi connectivity index (χ0n) is 12.1. The van der Waals surface area contributed by atoms with Gasteiger partial charge in [-0.05, 0) is 32.3 Å². The molecule has 1 rings (SSSR count). The standard InChI is InChI=1S/C13H23N3O3S/c1-3-14-13-11-12(7-9-15-13)20(17,18)16-8-5-4-6-10-19-2/h7,9,11,16H,3-6,8,10H2,1-2H3,(H,14,15). The molecule has 0 aromatic carbocycles. The minimum absolute atomic E-state index is 0.236. The molecule has 2 N–H and O–H groups in total. The third-order valence-electron chi connectivity index (χ3n) is 2.72. The number of methoxy groups -OCH3 is 1. The van der Waals surface area contributed by atoms with Gasteiger partial charge in [0.1, 0.15) is 5.82 Å². The van der Waals surface area contributed by atoms with Crippen LogP contribution in [0.3, 0.4) is 0 Å². The van der Waals surface area contributed by atoms with Gasteiger partial charge in [-0.3, -0.25) is 0 Å². The Morgan fingerprint density at radius 3 is 2.80 bits per heavy atom. The van der Waals surface area contributed by atoms with Crippen molar-refractivity contribution in [3.05, 3.63) is 18.3 Å². The van der Waals surface area contributed by atoms with E-state index in [1.54, 1.807) is 7.11 Å². The van der Waals surface area contributed by atoms with Gasteiger partial charge in [0.25, 0.3) is 0 Å². The minimum Gasteiger partial charge on any atom is -0.385 e. The smallest absolute Gasteiger partial charge is 0.240 e. The summed E-state index contributed by atoms with van der Waals surface area (Å²) in [6.07, 6.45) is 4.17. The lowest BCUT2D eigenvalue weighted by atomic mass is 10.2. The average molecular weight is 301 g/mol. The number of hydrogen-bond acceptors (Lipinski definition) is 5. The van der Waals surface area contributed by atoms with Gasteiger partial charge >= 0.3 is 0 Å². The Balaban J connectivity index is 2.49. The van der Waals surface area contributed by atoms with Crippen molar-refractivity contribution in [2.45, 2.75) is 31.1 Å². The summed E-state index contributed by atoms with van der Waals surface area (Å²) < 4.78 is 31.7. The van der Waals surface area contributed by atoms with E-state index >= 15 is 0 Å². The first-order chi connectivity index (χ1) is 9.60. The highest BCUT2D eigenvalue weighted by molar-refractivity contribution is 7.89. The molecule has 0 fully saturated rings. The Morgan fingerprint density at radius 1 is 1.30 bits per heavy atom. The molecule has 0 amide bonds. The fourth-order valence-corrected chi connectivity index (χ4v) is 2.78. The van der Waals surface area contributed by atoms with Crippen LogP contribution in [0.4, 0.5) is 5.82 Å². The van der Waals surface area contributed by atoms with E-state index in [-0.39, 0.29) is 4.90 Å². The van der Waals surface area contributed by atoms with E-state index in [4.69, 9.17) is 4.74 Å². The van der Waals surface area contributed by atoms with Gasteiger partial charge in [0.05, 0.1) is 4.90 Å². The van der Waals surface area contributed by atoms with E-state index in [1.807, 2.05) is 6.92 Å². The SMILES string of the molecule is CCNc1cc(S(=O)(=O)NCCCCCOC)ccn1. The van der Waals surface area contributed by atoms with E-state index in [9.17, 15) is 8.42 Å². The molecule has 0 radical (unpaired) electrons. The van der Waals surface area contributed by atoms with Crippen molar-refractivity contribution >= 4 is 15.8 Å². The largest absolute Gasteiger partial charge is 0.385 e. The lowest BCUT2D eigenvalue weighted by Gasteiger charge is -2.08. The number of nitrogens with one attached hydrogen (secondary N) is 2. The van der Waals surface area contributed by atoms with Crippen LogP contribution in [-0.2, 0) is 14.8 Å². The van der Waals surface area contributed by atoms with Gasteiger partial charge in [-0.1, -0.05) is 0 Å². The van der Waals surface area contributed by atoms with Crippen LogP contribution in [-0.4, -0.2) is 40.2 Å². The Hall–Kier alpha value is -1.18. The number of pyridine rings is 1. The average Bonchev–Trinajstić information content (AvgIpc) is 2.43. The normalized spacial score (nSPS) is 11.5. The summed E-state index contributed by atoms with van der Waals surface area (Å²) in [5.74, 6) is 0.565. The second-order valence-corrected chi connectivity index (χ2v) is 6.13. The number of anilines is 1. The van der Waals surface area contributed by atoms with Gasteiger partial charge in [0.2, 0.25) is 10.0 Å². The van der Waals surface area contributed by atoms with Crippen LogP contribution in [0.1, 0.15) is 26.2 Å².